The van der Waals surface area contributed by atoms with Gasteiger partial charge in [-0.15, -0.1) is 0 Å². The highest BCUT2D eigenvalue weighted by molar-refractivity contribution is 6.27. The molecule has 0 bridgehead atoms. The van der Waals surface area contributed by atoms with Crippen LogP contribution >= 0.6 is 0 Å². The standard InChI is InChI=1S/C56H81N11O11/c1-13-32(10)46-56(78)66-45(31(8)9)54(76)61-37(21-17-18-22-59-49(71)36-27-58-26-35-42(36)41(68)25-38(57-12)47(35)69)50(72)64-44(30(6)7)55(77)63-40(24-34-19-15-14-16-20-34)51(73)62-39(23-28(2)3)52(74)65-43(29(4)5)53(75)60-33(11)48(70)67-46/h14-16,19-20,25-33,37,39-40,43-46,57H,13,17-18,21-24H2,1-12H3,(H,59,71)(H,60,75)(H,61,76)(H,62,73)(H,63,77)(H,64,72)(H,65,74)(H,66,78)(H,67,70)/t32-,33+,37-,39+,40+,43-,44-,45+,46-/m0/s1. The Morgan fingerprint density at radius 2 is 1.09 bits per heavy atom. The van der Waals surface area contributed by atoms with Crippen LogP contribution < -0.4 is 53.2 Å². The molecule has 1 saturated heterocycles. The second kappa shape index (κ2) is 29.3. The molecule has 4 rings (SSSR count). The number of Topliss-reactive ketones (excluding diaryl/α,β-unsaturated/α-hetero) is 1. The number of unbranched alkanes of at least 4 members (excludes halogenated alkanes) is 1. The molecule has 22 heteroatoms. The number of hydrogen-bond donors (Lipinski definition) is 10. The maximum atomic E-state index is 14.6. The zero-order chi connectivity index (χ0) is 58.1. The van der Waals surface area contributed by atoms with Gasteiger partial charge in [0.2, 0.25) is 53.0 Å². The lowest BCUT2D eigenvalue weighted by molar-refractivity contribution is -0.137. The molecule has 22 nitrogen and oxygen atoms in total. The second-order valence-corrected chi connectivity index (χ2v) is 21.7. The van der Waals surface area contributed by atoms with Crippen molar-refractivity contribution in [1.29, 1.82) is 0 Å². The number of carbonyl (C=O) groups excluding carboxylic acids is 11. The third kappa shape index (κ3) is 17.2. The number of pyridine rings is 1. The number of nitrogens with zero attached hydrogens (tertiary/aromatic N) is 1. The van der Waals surface area contributed by atoms with Gasteiger partial charge in [0.05, 0.1) is 16.8 Å². The van der Waals surface area contributed by atoms with Gasteiger partial charge in [-0.25, -0.2) is 0 Å². The van der Waals surface area contributed by atoms with Crippen LogP contribution in [0.2, 0.25) is 0 Å². The van der Waals surface area contributed by atoms with E-state index in [1.54, 1.807) is 78.8 Å². The molecular formula is C56H81N11O11. The highest BCUT2D eigenvalue weighted by Crippen LogP contribution is 2.23. The molecule has 1 aromatic heterocycles. The van der Waals surface area contributed by atoms with Gasteiger partial charge in [-0.1, -0.05) is 106 Å². The first kappa shape index (κ1) is 63.0. The second-order valence-electron chi connectivity index (χ2n) is 21.7. The zero-order valence-corrected chi connectivity index (χ0v) is 47.0. The number of amides is 9. The SMILES string of the molecule is CC[C@H](C)[C@@H]1NC(=O)[C@@H](C)NC(=O)[C@H](C(C)C)NC(=O)[C@@H](CC(C)C)NC(=O)[C@@H](Cc2ccccc2)NC(=O)[C@H](C(C)C)NC(=O)[C@H](CCCCNC(=O)c2cncc3c2C(=O)C=C(NC)C3=O)NC(=O)[C@@H](C(C)C)NC1=O. The normalized spacial score (nSPS) is 24.1. The molecule has 1 fully saturated rings. The minimum absolute atomic E-state index is 0.0222. The number of hydrogen-bond acceptors (Lipinski definition) is 13. The van der Waals surface area contributed by atoms with Gasteiger partial charge in [0.15, 0.2) is 5.78 Å². The first-order valence-electron chi connectivity index (χ1n) is 27.0. The molecule has 9 atom stereocenters. The van der Waals surface area contributed by atoms with Gasteiger partial charge in [-0.2, -0.15) is 0 Å². The Balaban J connectivity index is 1.72. The van der Waals surface area contributed by atoms with E-state index in [4.69, 9.17) is 0 Å². The summed E-state index contributed by atoms with van der Waals surface area (Å²) in [5.74, 6) is -9.75. The van der Waals surface area contributed by atoms with E-state index in [0.717, 1.165) is 6.08 Å². The fourth-order valence-corrected chi connectivity index (χ4v) is 8.97. The Morgan fingerprint density at radius 3 is 1.64 bits per heavy atom. The summed E-state index contributed by atoms with van der Waals surface area (Å²) in [6.45, 7) is 18.8. The van der Waals surface area contributed by atoms with Crippen molar-refractivity contribution in [2.75, 3.05) is 13.6 Å². The maximum Gasteiger partial charge on any atom is 0.253 e. The number of nitrogens with one attached hydrogen (secondary N) is 10. The average Bonchev–Trinajstić information content (AvgIpc) is 3.39. The Kier molecular flexibility index (Phi) is 23.7. The summed E-state index contributed by atoms with van der Waals surface area (Å²) in [6.07, 6.45) is 4.46. The van der Waals surface area contributed by atoms with Crippen LogP contribution in [0.5, 0.6) is 0 Å². The average molecular weight is 1080 g/mol. The number of aromatic nitrogens is 1. The highest BCUT2D eigenvalue weighted by Gasteiger charge is 2.38. The van der Waals surface area contributed by atoms with Crippen LogP contribution in [-0.4, -0.2) is 132 Å². The maximum absolute atomic E-state index is 14.6. The van der Waals surface area contributed by atoms with E-state index in [1.165, 1.54) is 26.4 Å². The summed E-state index contributed by atoms with van der Waals surface area (Å²) >= 11 is 0. The van der Waals surface area contributed by atoms with E-state index in [9.17, 15) is 52.7 Å². The summed E-state index contributed by atoms with van der Waals surface area (Å²) in [7, 11) is 1.49. The molecule has 0 radical (unpaired) electrons. The largest absolute Gasteiger partial charge is 0.385 e. The van der Waals surface area contributed by atoms with Crippen molar-refractivity contribution in [3.05, 3.63) is 76.8 Å². The molecule has 0 spiro atoms. The monoisotopic (exact) mass is 1080 g/mol. The van der Waals surface area contributed by atoms with E-state index in [-0.39, 0.29) is 67.0 Å². The van der Waals surface area contributed by atoms with Crippen LogP contribution in [0.25, 0.3) is 0 Å². The summed E-state index contributed by atoms with van der Waals surface area (Å²) in [6, 6.07) is -1.06. The molecule has 1 aromatic carbocycles. The zero-order valence-electron chi connectivity index (χ0n) is 47.0. The minimum Gasteiger partial charge on any atom is -0.385 e. The number of ketones is 2. The highest BCUT2D eigenvalue weighted by atomic mass is 16.2. The summed E-state index contributed by atoms with van der Waals surface area (Å²) in [4.78, 5) is 158. The molecule has 426 valence electrons. The lowest BCUT2D eigenvalue weighted by Crippen LogP contribution is -2.63. The number of likely N-dealkylation sites (N-methyl/N-ethyl adjacent to an activating group) is 1. The van der Waals surface area contributed by atoms with E-state index in [0.29, 0.717) is 12.0 Å². The van der Waals surface area contributed by atoms with Crippen molar-refractivity contribution in [3.63, 3.8) is 0 Å². The lowest BCUT2D eigenvalue weighted by Gasteiger charge is -2.31. The van der Waals surface area contributed by atoms with Crippen molar-refractivity contribution < 1.29 is 52.7 Å². The fourth-order valence-electron chi connectivity index (χ4n) is 8.97. The Bertz CT molecular complexity index is 2570. The fraction of sp³-hybridized carbons (Fsp3) is 0.571. The number of fused-ring (bicyclic) bond motifs is 1. The van der Waals surface area contributed by atoms with Crippen molar-refractivity contribution in [1.82, 2.24) is 58.2 Å². The number of rotatable bonds is 16. The minimum atomic E-state index is -1.34. The number of carbonyl (C=O) groups is 11. The molecule has 0 saturated carbocycles. The van der Waals surface area contributed by atoms with E-state index >= 15 is 0 Å². The predicted octanol–water partition coefficient (Wildman–Crippen LogP) is 1.68. The molecular weight excluding hydrogens is 1000 g/mol. The first-order valence-corrected chi connectivity index (χ1v) is 27.0. The van der Waals surface area contributed by atoms with Crippen molar-refractivity contribution in [2.24, 2.45) is 29.6 Å². The molecule has 1 aliphatic heterocycles. The smallest absolute Gasteiger partial charge is 0.253 e. The van der Waals surface area contributed by atoms with E-state index in [2.05, 4.69) is 58.2 Å². The van der Waals surface area contributed by atoms with Gasteiger partial charge in [-0.3, -0.25) is 57.7 Å². The van der Waals surface area contributed by atoms with Gasteiger partial charge in [-0.05, 0) is 67.8 Å². The van der Waals surface area contributed by atoms with Gasteiger partial charge in [0, 0.05) is 44.0 Å². The third-order valence-electron chi connectivity index (χ3n) is 13.9. The molecule has 0 unspecified atom stereocenters. The molecule has 2 aromatic rings. The topological polar surface area (TPSA) is 321 Å². The predicted molar refractivity (Wildman–Crippen MR) is 291 cm³/mol. The summed E-state index contributed by atoms with van der Waals surface area (Å²) in [5, 5.41) is 27.5. The van der Waals surface area contributed by atoms with Crippen LogP contribution in [0.4, 0.5) is 0 Å². The van der Waals surface area contributed by atoms with Gasteiger partial charge >= 0.3 is 0 Å². The lowest BCUT2D eigenvalue weighted by atomic mass is 9.90. The van der Waals surface area contributed by atoms with Crippen LogP contribution in [-0.2, 0) is 44.8 Å². The number of allylic oxidation sites excluding steroid dienone is 2. The first-order chi connectivity index (χ1) is 36.8. The molecule has 10 N–H and O–H groups in total. The van der Waals surface area contributed by atoms with Crippen LogP contribution in [0.1, 0.15) is 145 Å². The molecule has 2 aliphatic rings. The van der Waals surface area contributed by atoms with Gasteiger partial charge in [0.1, 0.15) is 48.3 Å². The van der Waals surface area contributed by atoms with Crippen LogP contribution in [0, 0.1) is 29.6 Å². The number of benzene rings is 1. The summed E-state index contributed by atoms with van der Waals surface area (Å²) in [5.41, 5.74) is 0.515. The van der Waals surface area contributed by atoms with E-state index in [1.807, 2.05) is 20.8 Å². The quantitative estimate of drug-likeness (QED) is 0.107. The summed E-state index contributed by atoms with van der Waals surface area (Å²) < 4.78 is 0. The molecule has 1 aliphatic carbocycles. The third-order valence-corrected chi connectivity index (χ3v) is 13.9. The Labute approximate surface area is 457 Å². The van der Waals surface area contributed by atoms with Crippen molar-refractivity contribution >= 4 is 64.7 Å². The van der Waals surface area contributed by atoms with Crippen LogP contribution in [0.15, 0.2) is 54.5 Å². The Hall–Kier alpha value is -7.52. The van der Waals surface area contributed by atoms with Crippen molar-refractivity contribution in [2.45, 2.75) is 163 Å². The van der Waals surface area contributed by atoms with Crippen molar-refractivity contribution in [3.8, 4) is 0 Å². The molecule has 9 amide bonds. The molecule has 2 heterocycles. The van der Waals surface area contributed by atoms with Crippen LogP contribution in [0.3, 0.4) is 0 Å². The van der Waals surface area contributed by atoms with Gasteiger partial charge in [0.25, 0.3) is 5.91 Å². The van der Waals surface area contributed by atoms with E-state index < -0.39 is 137 Å². The Morgan fingerprint density at radius 1 is 0.590 bits per heavy atom. The molecule has 78 heavy (non-hydrogen) atoms. The van der Waals surface area contributed by atoms with Gasteiger partial charge < -0.3 is 53.2 Å².